The Morgan fingerprint density at radius 1 is 1.00 bits per heavy atom. The van der Waals surface area contributed by atoms with Crippen molar-refractivity contribution < 1.29 is 14.3 Å². The molecule has 0 spiro atoms. The molecule has 2 aromatic carbocycles. The van der Waals surface area contributed by atoms with Crippen molar-refractivity contribution in [2.45, 2.75) is 13.3 Å². The van der Waals surface area contributed by atoms with Crippen LogP contribution < -0.4 is 5.32 Å². The second kappa shape index (κ2) is 9.85. The van der Waals surface area contributed by atoms with Crippen LogP contribution in [0.15, 0.2) is 66.7 Å². The normalized spacial score (nSPS) is 10.4. The van der Waals surface area contributed by atoms with Crippen LogP contribution in [0.1, 0.15) is 21.6 Å². The Balaban J connectivity index is 1.48. The summed E-state index contributed by atoms with van der Waals surface area (Å²) in [5.74, 6) is -0.915. The van der Waals surface area contributed by atoms with Crippen molar-refractivity contribution in [3.05, 3.63) is 88.6 Å². The molecule has 0 aliphatic carbocycles. The number of benzene rings is 2. The smallest absolute Gasteiger partial charge is 0.340 e. The Kier molecular flexibility index (Phi) is 6.98. The highest BCUT2D eigenvalue weighted by molar-refractivity contribution is 6.30. The lowest BCUT2D eigenvalue weighted by Crippen LogP contribution is -2.30. The number of hydrogen-bond donors (Lipinski definition) is 1. The van der Waals surface area contributed by atoms with Crippen molar-refractivity contribution >= 4 is 23.5 Å². The molecule has 1 amide bonds. The zero-order valence-electron chi connectivity index (χ0n) is 16.0. The quantitative estimate of drug-likeness (QED) is 0.594. The van der Waals surface area contributed by atoms with Gasteiger partial charge in [0.15, 0.2) is 6.61 Å². The van der Waals surface area contributed by atoms with Gasteiger partial charge < -0.3 is 10.1 Å². The summed E-state index contributed by atoms with van der Waals surface area (Å²) < 4.78 is 5.13. The van der Waals surface area contributed by atoms with Crippen LogP contribution in [0.3, 0.4) is 0 Å². The molecular weight excluding hydrogens is 388 g/mol. The van der Waals surface area contributed by atoms with Gasteiger partial charge in [0.25, 0.3) is 5.91 Å². The Morgan fingerprint density at radius 3 is 2.41 bits per heavy atom. The molecule has 1 aromatic heterocycles. The lowest BCUT2D eigenvalue weighted by molar-refractivity contribution is -0.124. The van der Waals surface area contributed by atoms with E-state index in [0.717, 1.165) is 16.8 Å². The van der Waals surface area contributed by atoms with E-state index in [-0.39, 0.29) is 12.5 Å². The fourth-order valence-corrected chi connectivity index (χ4v) is 2.93. The minimum Gasteiger partial charge on any atom is -0.452 e. The van der Waals surface area contributed by atoms with Crippen molar-refractivity contribution in [3.8, 4) is 11.3 Å². The molecule has 0 radical (unpaired) electrons. The van der Waals surface area contributed by atoms with E-state index in [9.17, 15) is 9.59 Å². The van der Waals surface area contributed by atoms with Gasteiger partial charge in [-0.2, -0.15) is 0 Å². The van der Waals surface area contributed by atoms with E-state index in [1.807, 2.05) is 42.5 Å². The number of esters is 1. The van der Waals surface area contributed by atoms with E-state index in [1.54, 1.807) is 31.2 Å². The van der Waals surface area contributed by atoms with Gasteiger partial charge in [0.2, 0.25) is 0 Å². The summed E-state index contributed by atoms with van der Waals surface area (Å²) in [7, 11) is 0. The van der Waals surface area contributed by atoms with Crippen LogP contribution in [0.4, 0.5) is 0 Å². The molecule has 0 aliphatic rings. The zero-order chi connectivity index (χ0) is 20.6. The monoisotopic (exact) mass is 408 g/mol. The van der Waals surface area contributed by atoms with Crippen LogP contribution in [0, 0.1) is 6.92 Å². The SMILES string of the molecule is Cc1nc(-c2ccccc2)ccc1C(=O)OCC(=O)NCCc1ccc(Cl)cc1. The van der Waals surface area contributed by atoms with Gasteiger partial charge in [-0.25, -0.2) is 4.79 Å². The summed E-state index contributed by atoms with van der Waals surface area (Å²) in [6.45, 7) is 1.86. The van der Waals surface area contributed by atoms with Gasteiger partial charge in [-0.3, -0.25) is 9.78 Å². The van der Waals surface area contributed by atoms with Gasteiger partial charge >= 0.3 is 5.97 Å². The molecule has 5 nitrogen and oxygen atoms in total. The second-order valence-corrected chi connectivity index (χ2v) is 6.93. The number of ether oxygens (including phenoxy) is 1. The van der Waals surface area contributed by atoms with E-state index >= 15 is 0 Å². The van der Waals surface area contributed by atoms with Crippen molar-refractivity contribution in [1.29, 1.82) is 0 Å². The number of nitrogens with zero attached hydrogens (tertiary/aromatic N) is 1. The first-order valence-electron chi connectivity index (χ1n) is 9.24. The molecule has 0 atom stereocenters. The van der Waals surface area contributed by atoms with Crippen LogP contribution in [0.25, 0.3) is 11.3 Å². The average molecular weight is 409 g/mol. The van der Waals surface area contributed by atoms with Gasteiger partial charge in [0.1, 0.15) is 0 Å². The molecule has 1 heterocycles. The lowest BCUT2D eigenvalue weighted by atomic mass is 10.1. The van der Waals surface area contributed by atoms with E-state index in [2.05, 4.69) is 10.3 Å². The Labute approximate surface area is 174 Å². The summed E-state index contributed by atoms with van der Waals surface area (Å²) in [5, 5.41) is 3.41. The van der Waals surface area contributed by atoms with E-state index in [0.29, 0.717) is 29.2 Å². The fraction of sp³-hybridized carbons (Fsp3) is 0.174. The number of amides is 1. The summed E-state index contributed by atoms with van der Waals surface area (Å²) in [5.41, 5.74) is 3.71. The lowest BCUT2D eigenvalue weighted by Gasteiger charge is -2.09. The topological polar surface area (TPSA) is 68.3 Å². The Hall–Kier alpha value is -3.18. The third kappa shape index (κ3) is 5.90. The standard InChI is InChI=1S/C23H21ClN2O3/c1-16-20(11-12-21(26-16)18-5-3-2-4-6-18)23(28)29-15-22(27)25-14-13-17-7-9-19(24)10-8-17/h2-12H,13-15H2,1H3,(H,25,27). The molecule has 0 aliphatic heterocycles. The van der Waals surface area contributed by atoms with Gasteiger partial charge in [-0.1, -0.05) is 54.1 Å². The van der Waals surface area contributed by atoms with Gasteiger partial charge in [0.05, 0.1) is 17.0 Å². The summed E-state index contributed by atoms with van der Waals surface area (Å²) >= 11 is 5.85. The maximum Gasteiger partial charge on any atom is 0.340 e. The first-order valence-corrected chi connectivity index (χ1v) is 9.62. The third-order valence-corrected chi connectivity index (χ3v) is 4.61. The van der Waals surface area contributed by atoms with Crippen LogP contribution in [0.2, 0.25) is 5.02 Å². The van der Waals surface area contributed by atoms with Gasteiger partial charge in [-0.05, 0) is 43.2 Å². The molecule has 1 N–H and O–H groups in total. The number of halogens is 1. The van der Waals surface area contributed by atoms with E-state index in [4.69, 9.17) is 16.3 Å². The fourth-order valence-electron chi connectivity index (χ4n) is 2.80. The molecule has 0 bridgehead atoms. The minimum atomic E-state index is -0.567. The maximum absolute atomic E-state index is 12.3. The number of hydrogen-bond acceptors (Lipinski definition) is 4. The highest BCUT2D eigenvalue weighted by atomic mass is 35.5. The molecule has 29 heavy (non-hydrogen) atoms. The Morgan fingerprint density at radius 2 is 1.72 bits per heavy atom. The highest BCUT2D eigenvalue weighted by Gasteiger charge is 2.14. The minimum absolute atomic E-state index is 0.334. The predicted octanol–water partition coefficient (Wildman–Crippen LogP) is 4.23. The largest absolute Gasteiger partial charge is 0.452 e. The first kappa shape index (κ1) is 20.6. The predicted molar refractivity (Wildman–Crippen MR) is 113 cm³/mol. The third-order valence-electron chi connectivity index (χ3n) is 4.36. The van der Waals surface area contributed by atoms with E-state index in [1.165, 1.54) is 0 Å². The van der Waals surface area contributed by atoms with E-state index < -0.39 is 5.97 Å². The van der Waals surface area contributed by atoms with Crippen molar-refractivity contribution in [2.24, 2.45) is 0 Å². The van der Waals surface area contributed by atoms with Crippen LogP contribution in [-0.4, -0.2) is 30.0 Å². The summed E-state index contributed by atoms with van der Waals surface area (Å²) in [4.78, 5) is 28.7. The number of rotatable bonds is 7. The van der Waals surface area contributed by atoms with Gasteiger partial charge in [0, 0.05) is 17.1 Å². The first-order chi connectivity index (χ1) is 14.0. The molecule has 0 fully saturated rings. The summed E-state index contributed by atoms with van der Waals surface area (Å²) in [6, 6.07) is 20.6. The molecule has 3 aromatic rings. The van der Waals surface area contributed by atoms with Crippen LogP contribution in [-0.2, 0) is 16.0 Å². The number of aryl methyl sites for hydroxylation is 1. The molecule has 0 unspecified atom stereocenters. The number of carbonyl (C=O) groups is 2. The number of aromatic nitrogens is 1. The van der Waals surface area contributed by atoms with Crippen molar-refractivity contribution in [1.82, 2.24) is 10.3 Å². The molecule has 148 valence electrons. The summed E-state index contributed by atoms with van der Waals surface area (Å²) in [6.07, 6.45) is 0.667. The van der Waals surface area contributed by atoms with Gasteiger partial charge in [-0.15, -0.1) is 0 Å². The number of carbonyl (C=O) groups excluding carboxylic acids is 2. The highest BCUT2D eigenvalue weighted by Crippen LogP contribution is 2.19. The van der Waals surface area contributed by atoms with Crippen molar-refractivity contribution in [3.63, 3.8) is 0 Å². The second-order valence-electron chi connectivity index (χ2n) is 6.50. The molecule has 0 saturated carbocycles. The average Bonchev–Trinajstić information content (AvgIpc) is 2.74. The Bertz CT molecular complexity index is 989. The van der Waals surface area contributed by atoms with Crippen molar-refractivity contribution in [2.75, 3.05) is 13.2 Å². The number of pyridine rings is 1. The number of nitrogens with one attached hydrogen (secondary N) is 1. The van der Waals surface area contributed by atoms with Crippen LogP contribution >= 0.6 is 11.6 Å². The molecule has 0 saturated heterocycles. The maximum atomic E-state index is 12.3. The zero-order valence-corrected chi connectivity index (χ0v) is 16.8. The molecular formula is C23H21ClN2O3. The molecule has 3 rings (SSSR count). The molecule has 6 heteroatoms. The van der Waals surface area contributed by atoms with Crippen LogP contribution in [0.5, 0.6) is 0 Å².